The number of nitrogens with zero attached hydrogens (tertiary/aromatic N) is 1. The van der Waals surface area contributed by atoms with Gasteiger partial charge < -0.3 is 5.73 Å². The van der Waals surface area contributed by atoms with E-state index in [2.05, 4.69) is 4.83 Å². The topological polar surface area (TPSA) is 75.4 Å². The Morgan fingerprint density at radius 3 is 2.43 bits per heavy atom. The van der Waals surface area contributed by atoms with Gasteiger partial charge in [0, 0.05) is 13.1 Å². The molecule has 0 saturated carbocycles. The molecule has 14 heavy (non-hydrogen) atoms. The van der Waals surface area contributed by atoms with Gasteiger partial charge in [-0.1, -0.05) is 6.42 Å². The van der Waals surface area contributed by atoms with E-state index in [1.54, 1.807) is 5.01 Å². The van der Waals surface area contributed by atoms with Crippen LogP contribution in [0.5, 0.6) is 0 Å². The van der Waals surface area contributed by atoms with E-state index in [1.165, 1.54) is 6.42 Å². The van der Waals surface area contributed by atoms with Crippen LogP contribution in [0.4, 0.5) is 0 Å². The van der Waals surface area contributed by atoms with E-state index in [0.717, 1.165) is 25.9 Å². The van der Waals surface area contributed by atoms with Crippen molar-refractivity contribution in [1.29, 1.82) is 0 Å². The van der Waals surface area contributed by atoms with Crippen LogP contribution < -0.4 is 10.6 Å². The van der Waals surface area contributed by atoms with Crippen molar-refractivity contribution in [3.05, 3.63) is 0 Å². The van der Waals surface area contributed by atoms with Gasteiger partial charge in [0.1, 0.15) is 0 Å². The van der Waals surface area contributed by atoms with Gasteiger partial charge in [-0.25, -0.2) is 13.4 Å². The van der Waals surface area contributed by atoms with Crippen molar-refractivity contribution in [2.75, 3.05) is 25.4 Å². The van der Waals surface area contributed by atoms with Crippen LogP contribution in [-0.4, -0.2) is 38.8 Å². The summed E-state index contributed by atoms with van der Waals surface area (Å²) in [5.41, 5.74) is 5.26. The van der Waals surface area contributed by atoms with E-state index in [0.29, 0.717) is 13.0 Å². The van der Waals surface area contributed by atoms with Gasteiger partial charge in [-0.05, 0) is 25.8 Å². The Bertz CT molecular complexity index is 247. The number of sulfonamides is 1. The Labute approximate surface area is 85.7 Å². The molecule has 1 heterocycles. The smallest absolute Gasteiger partial charge is 0.224 e. The fourth-order valence-corrected chi connectivity index (χ4v) is 2.71. The Morgan fingerprint density at radius 1 is 1.21 bits per heavy atom. The minimum Gasteiger partial charge on any atom is -0.330 e. The Balaban J connectivity index is 2.33. The molecule has 0 unspecified atom stereocenters. The van der Waals surface area contributed by atoms with Crippen LogP contribution in [0.1, 0.15) is 25.7 Å². The monoisotopic (exact) mass is 221 g/mol. The zero-order valence-corrected chi connectivity index (χ0v) is 9.22. The molecule has 0 aliphatic carbocycles. The third kappa shape index (κ3) is 4.36. The minimum absolute atomic E-state index is 0.125. The lowest BCUT2D eigenvalue weighted by Crippen LogP contribution is -2.45. The molecule has 1 saturated heterocycles. The quantitative estimate of drug-likeness (QED) is 0.666. The zero-order valence-electron chi connectivity index (χ0n) is 8.41. The van der Waals surface area contributed by atoms with E-state index in [1.807, 2.05) is 0 Å². The molecule has 0 atom stereocenters. The molecule has 84 valence electrons. The molecular formula is C8H19N3O2S. The van der Waals surface area contributed by atoms with Crippen molar-refractivity contribution in [3.8, 4) is 0 Å². The van der Waals surface area contributed by atoms with E-state index in [4.69, 9.17) is 5.73 Å². The molecule has 1 aliphatic rings. The van der Waals surface area contributed by atoms with Crippen molar-refractivity contribution in [2.45, 2.75) is 25.7 Å². The van der Waals surface area contributed by atoms with Crippen LogP contribution in [0.25, 0.3) is 0 Å². The summed E-state index contributed by atoms with van der Waals surface area (Å²) in [5.74, 6) is 0.125. The van der Waals surface area contributed by atoms with Gasteiger partial charge >= 0.3 is 0 Å². The lowest BCUT2D eigenvalue weighted by atomic mass is 10.2. The van der Waals surface area contributed by atoms with E-state index < -0.39 is 10.0 Å². The molecule has 0 aromatic heterocycles. The number of hydrazine groups is 1. The predicted molar refractivity (Wildman–Crippen MR) is 56.0 cm³/mol. The van der Waals surface area contributed by atoms with Gasteiger partial charge in [0.15, 0.2) is 0 Å². The second-order valence-electron chi connectivity index (χ2n) is 3.60. The number of hydrogen-bond donors (Lipinski definition) is 2. The van der Waals surface area contributed by atoms with Crippen molar-refractivity contribution < 1.29 is 8.42 Å². The highest BCUT2D eigenvalue weighted by molar-refractivity contribution is 7.89. The van der Waals surface area contributed by atoms with Crippen LogP contribution in [-0.2, 0) is 10.0 Å². The highest BCUT2D eigenvalue weighted by Crippen LogP contribution is 2.06. The fourth-order valence-electron chi connectivity index (χ4n) is 1.50. The maximum atomic E-state index is 11.4. The first kappa shape index (κ1) is 11.9. The van der Waals surface area contributed by atoms with Crippen LogP contribution in [0, 0.1) is 0 Å². The van der Waals surface area contributed by atoms with E-state index in [-0.39, 0.29) is 5.75 Å². The number of hydrogen-bond acceptors (Lipinski definition) is 4. The zero-order chi connectivity index (χ0) is 10.4. The summed E-state index contributed by atoms with van der Waals surface area (Å²) in [7, 11) is -3.15. The average Bonchev–Trinajstić information content (AvgIpc) is 2.16. The van der Waals surface area contributed by atoms with Crippen LogP contribution in [0.2, 0.25) is 0 Å². The molecular weight excluding hydrogens is 202 g/mol. The number of piperidine rings is 1. The van der Waals surface area contributed by atoms with Crippen molar-refractivity contribution in [2.24, 2.45) is 5.73 Å². The third-order valence-electron chi connectivity index (χ3n) is 2.24. The molecule has 0 spiro atoms. The number of nitrogens with one attached hydrogen (secondary N) is 1. The highest BCUT2D eigenvalue weighted by Gasteiger charge is 2.16. The lowest BCUT2D eigenvalue weighted by molar-refractivity contribution is 0.200. The maximum Gasteiger partial charge on any atom is 0.224 e. The molecule has 1 rings (SSSR count). The van der Waals surface area contributed by atoms with E-state index >= 15 is 0 Å². The first-order valence-electron chi connectivity index (χ1n) is 5.09. The standard InChI is InChI=1S/C8H19N3O2S/c9-5-4-8-14(12,13)10-11-6-2-1-3-7-11/h10H,1-9H2. The molecule has 0 radical (unpaired) electrons. The van der Waals surface area contributed by atoms with E-state index in [9.17, 15) is 8.42 Å². The third-order valence-corrected chi connectivity index (χ3v) is 3.60. The molecule has 0 aromatic carbocycles. The molecule has 0 bridgehead atoms. The predicted octanol–water partition coefficient (Wildman–Crippen LogP) is -0.344. The van der Waals surface area contributed by atoms with Crippen molar-refractivity contribution in [1.82, 2.24) is 9.84 Å². The normalized spacial score (nSPS) is 19.8. The molecule has 0 aromatic rings. The SMILES string of the molecule is NCCCS(=O)(=O)NN1CCCCC1. The van der Waals surface area contributed by atoms with Crippen molar-refractivity contribution in [3.63, 3.8) is 0 Å². The Hall–Kier alpha value is -0.170. The average molecular weight is 221 g/mol. The molecule has 5 nitrogen and oxygen atoms in total. The largest absolute Gasteiger partial charge is 0.330 e. The minimum atomic E-state index is -3.15. The first-order valence-corrected chi connectivity index (χ1v) is 6.74. The Kier molecular flexibility index (Phi) is 4.80. The number of nitrogens with two attached hydrogens (primary N) is 1. The number of rotatable bonds is 5. The lowest BCUT2D eigenvalue weighted by Gasteiger charge is -2.26. The van der Waals surface area contributed by atoms with Crippen LogP contribution in [0.15, 0.2) is 0 Å². The van der Waals surface area contributed by atoms with Gasteiger partial charge in [-0.15, -0.1) is 4.83 Å². The molecule has 3 N–H and O–H groups in total. The molecule has 0 amide bonds. The summed E-state index contributed by atoms with van der Waals surface area (Å²) in [6.07, 6.45) is 3.85. The van der Waals surface area contributed by atoms with Gasteiger partial charge in [0.05, 0.1) is 5.75 Å². The second-order valence-corrected chi connectivity index (χ2v) is 5.42. The summed E-state index contributed by atoms with van der Waals surface area (Å²) in [6.45, 7) is 2.06. The summed E-state index contributed by atoms with van der Waals surface area (Å²) in [6, 6.07) is 0. The second kappa shape index (κ2) is 5.65. The van der Waals surface area contributed by atoms with Gasteiger partial charge in [-0.3, -0.25) is 0 Å². The molecule has 1 fully saturated rings. The van der Waals surface area contributed by atoms with Gasteiger partial charge in [0.25, 0.3) is 0 Å². The summed E-state index contributed by atoms with van der Waals surface area (Å²) >= 11 is 0. The summed E-state index contributed by atoms with van der Waals surface area (Å²) in [4.78, 5) is 2.58. The molecule has 1 aliphatic heterocycles. The van der Waals surface area contributed by atoms with Crippen molar-refractivity contribution >= 4 is 10.0 Å². The summed E-state index contributed by atoms with van der Waals surface area (Å²) in [5, 5.41) is 1.79. The highest BCUT2D eigenvalue weighted by atomic mass is 32.2. The summed E-state index contributed by atoms with van der Waals surface area (Å²) < 4.78 is 22.9. The van der Waals surface area contributed by atoms with Gasteiger partial charge in [-0.2, -0.15) is 0 Å². The van der Waals surface area contributed by atoms with Gasteiger partial charge in [0.2, 0.25) is 10.0 Å². The molecule has 6 heteroatoms. The van der Waals surface area contributed by atoms with Crippen LogP contribution >= 0.6 is 0 Å². The van der Waals surface area contributed by atoms with Crippen LogP contribution in [0.3, 0.4) is 0 Å². The fraction of sp³-hybridized carbons (Fsp3) is 1.00. The first-order chi connectivity index (χ1) is 6.64. The maximum absolute atomic E-state index is 11.4. The Morgan fingerprint density at radius 2 is 1.86 bits per heavy atom.